The maximum atomic E-state index is 11.2. The van der Waals surface area contributed by atoms with Crippen LogP contribution >= 0.6 is 0 Å². The van der Waals surface area contributed by atoms with Crippen LogP contribution in [-0.4, -0.2) is 24.7 Å². The lowest BCUT2D eigenvalue weighted by Gasteiger charge is -2.21. The van der Waals surface area contributed by atoms with Gasteiger partial charge in [0.1, 0.15) is 12.4 Å². The first-order valence-electron chi connectivity index (χ1n) is 5.47. The van der Waals surface area contributed by atoms with Gasteiger partial charge in [-0.05, 0) is 23.1 Å². The van der Waals surface area contributed by atoms with Crippen LogP contribution in [-0.2, 0) is 10.2 Å². The van der Waals surface area contributed by atoms with E-state index in [4.69, 9.17) is 9.84 Å². The normalized spacial score (nSPS) is 11.1. The summed E-state index contributed by atoms with van der Waals surface area (Å²) in [5.74, 6) is 0.133. The highest BCUT2D eigenvalue weighted by molar-refractivity contribution is 5.93. The molecule has 0 heterocycles. The predicted octanol–water partition coefficient (Wildman–Crippen LogP) is 1.92. The van der Waals surface area contributed by atoms with E-state index >= 15 is 0 Å². The summed E-state index contributed by atoms with van der Waals surface area (Å²) in [5, 5.41) is 11.3. The van der Waals surface area contributed by atoms with E-state index in [-0.39, 0.29) is 5.41 Å². The molecule has 1 aromatic rings. The second-order valence-electron chi connectivity index (χ2n) is 4.87. The van der Waals surface area contributed by atoms with Gasteiger partial charge in [-0.25, -0.2) is 0 Å². The van der Waals surface area contributed by atoms with Gasteiger partial charge in [0.15, 0.2) is 0 Å². The Morgan fingerprint density at radius 1 is 1.41 bits per heavy atom. The fourth-order valence-electron chi connectivity index (χ4n) is 1.46. The van der Waals surface area contributed by atoms with Gasteiger partial charge in [-0.15, -0.1) is 0 Å². The number of carbonyl (C=O) groups is 1. The molecule has 2 N–H and O–H groups in total. The summed E-state index contributed by atoms with van der Waals surface area (Å²) in [4.78, 5) is 11.2. The van der Waals surface area contributed by atoms with Gasteiger partial charge in [-0.2, -0.15) is 0 Å². The van der Waals surface area contributed by atoms with E-state index < -0.39 is 12.5 Å². The Balaban J connectivity index is 3.11. The summed E-state index contributed by atoms with van der Waals surface area (Å²) in [5.41, 5.74) is 1.66. The van der Waals surface area contributed by atoms with Gasteiger partial charge >= 0.3 is 0 Å². The molecule has 0 saturated carbocycles. The molecule has 0 unspecified atom stereocenters. The molecule has 1 amide bonds. The van der Waals surface area contributed by atoms with E-state index in [0.717, 1.165) is 5.56 Å². The van der Waals surface area contributed by atoms with Crippen molar-refractivity contribution >= 4 is 11.6 Å². The first-order valence-corrected chi connectivity index (χ1v) is 5.47. The number of hydrogen-bond donors (Lipinski definition) is 2. The molecule has 0 aliphatic carbocycles. The summed E-state index contributed by atoms with van der Waals surface area (Å²) in [6.07, 6.45) is 0. The maximum absolute atomic E-state index is 11.2. The van der Waals surface area contributed by atoms with Crippen LogP contribution in [0.4, 0.5) is 5.69 Å². The fourth-order valence-corrected chi connectivity index (χ4v) is 1.46. The van der Waals surface area contributed by atoms with Crippen molar-refractivity contribution < 1.29 is 14.6 Å². The number of rotatable bonds is 3. The van der Waals surface area contributed by atoms with Gasteiger partial charge in [-0.3, -0.25) is 4.79 Å². The molecule has 1 rings (SSSR count). The van der Waals surface area contributed by atoms with E-state index in [2.05, 4.69) is 26.1 Å². The Morgan fingerprint density at radius 3 is 2.53 bits per heavy atom. The van der Waals surface area contributed by atoms with Crippen LogP contribution in [0, 0.1) is 0 Å². The van der Waals surface area contributed by atoms with Crippen LogP contribution < -0.4 is 10.1 Å². The zero-order valence-corrected chi connectivity index (χ0v) is 10.7. The lowest BCUT2D eigenvalue weighted by molar-refractivity contribution is -0.118. The van der Waals surface area contributed by atoms with E-state index in [9.17, 15) is 4.79 Å². The zero-order valence-electron chi connectivity index (χ0n) is 10.7. The number of aliphatic hydroxyl groups is 1. The lowest BCUT2D eigenvalue weighted by Crippen LogP contribution is -2.17. The lowest BCUT2D eigenvalue weighted by atomic mass is 9.87. The van der Waals surface area contributed by atoms with Crippen LogP contribution in [0.5, 0.6) is 5.75 Å². The molecule has 0 aliphatic heterocycles. The van der Waals surface area contributed by atoms with E-state index in [1.807, 2.05) is 18.2 Å². The van der Waals surface area contributed by atoms with Crippen molar-refractivity contribution in [3.63, 3.8) is 0 Å². The number of methoxy groups -OCH3 is 1. The van der Waals surface area contributed by atoms with Crippen LogP contribution in [0.3, 0.4) is 0 Å². The van der Waals surface area contributed by atoms with Crippen molar-refractivity contribution in [2.24, 2.45) is 0 Å². The molecule has 0 spiro atoms. The third kappa shape index (κ3) is 3.46. The Morgan fingerprint density at radius 2 is 2.06 bits per heavy atom. The van der Waals surface area contributed by atoms with Crippen molar-refractivity contribution in [1.82, 2.24) is 0 Å². The predicted molar refractivity (Wildman–Crippen MR) is 67.4 cm³/mol. The Bertz CT molecular complexity index is 408. The molecular formula is C13H19NO3. The first kappa shape index (κ1) is 13.5. The number of amides is 1. The minimum Gasteiger partial charge on any atom is -0.495 e. The third-order valence-corrected chi connectivity index (χ3v) is 2.48. The standard InChI is InChI=1S/C13H19NO3/c1-13(2,3)9-5-6-11(17-4)10(7-9)14-12(16)8-15/h5-7,15H,8H2,1-4H3,(H,14,16). The molecule has 17 heavy (non-hydrogen) atoms. The molecule has 0 aromatic heterocycles. The molecule has 0 radical (unpaired) electrons. The van der Waals surface area contributed by atoms with E-state index in [1.165, 1.54) is 0 Å². The van der Waals surface area contributed by atoms with Gasteiger partial charge in [0.2, 0.25) is 5.91 Å². The number of nitrogens with one attached hydrogen (secondary N) is 1. The van der Waals surface area contributed by atoms with Crippen LogP contribution in [0.25, 0.3) is 0 Å². The number of anilines is 1. The van der Waals surface area contributed by atoms with Gasteiger partial charge in [-0.1, -0.05) is 26.8 Å². The van der Waals surface area contributed by atoms with Crippen molar-refractivity contribution in [1.29, 1.82) is 0 Å². The maximum Gasteiger partial charge on any atom is 0.250 e. The van der Waals surface area contributed by atoms with Crippen molar-refractivity contribution in [3.8, 4) is 5.75 Å². The molecule has 0 saturated heterocycles. The Labute approximate surface area is 102 Å². The molecule has 0 fully saturated rings. The monoisotopic (exact) mass is 237 g/mol. The van der Waals surface area contributed by atoms with E-state index in [1.54, 1.807) is 7.11 Å². The van der Waals surface area contributed by atoms with Gasteiger partial charge in [0.25, 0.3) is 0 Å². The van der Waals surface area contributed by atoms with Crippen LogP contribution in [0.1, 0.15) is 26.3 Å². The SMILES string of the molecule is COc1ccc(C(C)(C)C)cc1NC(=O)CO. The molecule has 94 valence electrons. The first-order chi connectivity index (χ1) is 7.88. The summed E-state index contributed by atoms with van der Waals surface area (Å²) in [6.45, 7) is 5.73. The minimum atomic E-state index is -0.539. The second-order valence-corrected chi connectivity index (χ2v) is 4.87. The van der Waals surface area contributed by atoms with Crippen molar-refractivity contribution in [2.45, 2.75) is 26.2 Å². The largest absolute Gasteiger partial charge is 0.495 e. The van der Waals surface area contributed by atoms with Gasteiger partial charge in [0, 0.05) is 0 Å². The number of aliphatic hydroxyl groups excluding tert-OH is 1. The highest BCUT2D eigenvalue weighted by Gasteiger charge is 2.16. The highest BCUT2D eigenvalue weighted by atomic mass is 16.5. The molecule has 4 heteroatoms. The van der Waals surface area contributed by atoms with Gasteiger partial charge in [0.05, 0.1) is 12.8 Å². The van der Waals surface area contributed by atoms with E-state index in [0.29, 0.717) is 11.4 Å². The third-order valence-electron chi connectivity index (χ3n) is 2.48. The van der Waals surface area contributed by atoms with Crippen molar-refractivity contribution in [3.05, 3.63) is 23.8 Å². The molecule has 0 aliphatic rings. The second kappa shape index (κ2) is 5.19. The van der Waals surface area contributed by atoms with Crippen LogP contribution in [0.2, 0.25) is 0 Å². The smallest absolute Gasteiger partial charge is 0.250 e. The number of ether oxygens (including phenoxy) is 1. The molecule has 0 bridgehead atoms. The summed E-state index contributed by atoms with van der Waals surface area (Å²) in [7, 11) is 1.54. The molecule has 1 aromatic carbocycles. The Kier molecular flexibility index (Phi) is 4.12. The molecule has 4 nitrogen and oxygen atoms in total. The number of hydrogen-bond acceptors (Lipinski definition) is 3. The topological polar surface area (TPSA) is 58.6 Å². The zero-order chi connectivity index (χ0) is 13.1. The summed E-state index contributed by atoms with van der Waals surface area (Å²) in [6, 6.07) is 5.65. The Hall–Kier alpha value is -1.55. The summed E-state index contributed by atoms with van der Waals surface area (Å²) < 4.78 is 5.16. The quantitative estimate of drug-likeness (QED) is 0.844. The highest BCUT2D eigenvalue weighted by Crippen LogP contribution is 2.31. The number of benzene rings is 1. The molecular weight excluding hydrogens is 218 g/mol. The minimum absolute atomic E-state index is 0.00896. The summed E-state index contributed by atoms with van der Waals surface area (Å²) >= 11 is 0. The molecule has 0 atom stereocenters. The average Bonchev–Trinajstić information content (AvgIpc) is 2.27. The fraction of sp³-hybridized carbons (Fsp3) is 0.462. The average molecular weight is 237 g/mol. The van der Waals surface area contributed by atoms with Crippen LogP contribution in [0.15, 0.2) is 18.2 Å². The number of carbonyl (C=O) groups excluding carboxylic acids is 1. The van der Waals surface area contributed by atoms with Gasteiger partial charge < -0.3 is 15.2 Å². The van der Waals surface area contributed by atoms with Crippen molar-refractivity contribution in [2.75, 3.05) is 19.0 Å².